The van der Waals surface area contributed by atoms with E-state index in [0.29, 0.717) is 17.9 Å². The van der Waals surface area contributed by atoms with Crippen LogP contribution in [0.25, 0.3) is 6.08 Å². The number of hydrogen-bond acceptors (Lipinski definition) is 6. The number of carbonyl (C=O) groups is 1. The number of anilines is 2. The highest BCUT2D eigenvalue weighted by Crippen LogP contribution is 2.22. The van der Waals surface area contributed by atoms with Gasteiger partial charge < -0.3 is 15.2 Å². The lowest BCUT2D eigenvalue weighted by Gasteiger charge is -2.23. The zero-order chi connectivity index (χ0) is 23.1. The number of nitrogen functional groups attached to an aromatic ring is 1. The standard InChI is InChI=1S/C22H30N4O5/c1-14(2)13-26-20(23)19(21(28)24-22(26)29)25(10-11-30-4)18(27)9-7-16-12-15(3)6-8-17(16)31-5/h6-9,12,14H,10-11,13,23H2,1-5H3,(H,24,28,29)/b9-7+. The number of nitrogens with two attached hydrogens (primary N) is 1. The largest absolute Gasteiger partial charge is 0.496 e. The van der Waals surface area contributed by atoms with Crippen molar-refractivity contribution in [1.82, 2.24) is 9.55 Å². The highest BCUT2D eigenvalue weighted by atomic mass is 16.5. The fourth-order valence-corrected chi connectivity index (χ4v) is 3.13. The molecule has 0 radical (unpaired) electrons. The minimum absolute atomic E-state index is 0.0616. The van der Waals surface area contributed by atoms with E-state index in [0.717, 1.165) is 5.56 Å². The van der Waals surface area contributed by atoms with Gasteiger partial charge in [0.15, 0.2) is 5.69 Å². The van der Waals surface area contributed by atoms with Gasteiger partial charge in [-0.15, -0.1) is 0 Å². The van der Waals surface area contributed by atoms with Crippen LogP contribution in [0.4, 0.5) is 11.5 Å². The Morgan fingerprint density at radius 3 is 2.61 bits per heavy atom. The lowest BCUT2D eigenvalue weighted by molar-refractivity contribution is -0.114. The lowest BCUT2D eigenvalue weighted by Crippen LogP contribution is -2.42. The van der Waals surface area contributed by atoms with Crippen LogP contribution in [-0.4, -0.2) is 42.8 Å². The number of amides is 1. The molecule has 0 fully saturated rings. The summed E-state index contributed by atoms with van der Waals surface area (Å²) < 4.78 is 11.7. The third-order valence-electron chi connectivity index (χ3n) is 4.61. The van der Waals surface area contributed by atoms with E-state index in [1.54, 1.807) is 13.2 Å². The number of aromatic nitrogens is 2. The van der Waals surface area contributed by atoms with Gasteiger partial charge in [0.1, 0.15) is 11.6 Å². The van der Waals surface area contributed by atoms with E-state index in [-0.39, 0.29) is 30.6 Å². The van der Waals surface area contributed by atoms with Gasteiger partial charge in [0.2, 0.25) is 0 Å². The molecule has 3 N–H and O–H groups in total. The van der Waals surface area contributed by atoms with Crippen LogP contribution in [0.5, 0.6) is 5.75 Å². The molecule has 31 heavy (non-hydrogen) atoms. The first kappa shape index (κ1) is 23.9. The maximum atomic E-state index is 13.1. The Morgan fingerprint density at radius 1 is 1.29 bits per heavy atom. The molecule has 0 saturated heterocycles. The fraction of sp³-hybridized carbons (Fsp3) is 0.409. The van der Waals surface area contributed by atoms with E-state index >= 15 is 0 Å². The quantitative estimate of drug-likeness (QED) is 0.585. The maximum Gasteiger partial charge on any atom is 0.330 e. The molecule has 1 amide bonds. The average Bonchev–Trinajstić information content (AvgIpc) is 2.71. The van der Waals surface area contributed by atoms with Crippen molar-refractivity contribution in [1.29, 1.82) is 0 Å². The van der Waals surface area contributed by atoms with Crippen LogP contribution in [0.3, 0.4) is 0 Å². The summed E-state index contributed by atoms with van der Waals surface area (Å²) in [7, 11) is 3.04. The van der Waals surface area contributed by atoms with Crippen LogP contribution in [0, 0.1) is 12.8 Å². The average molecular weight is 431 g/mol. The van der Waals surface area contributed by atoms with Crippen LogP contribution in [-0.2, 0) is 16.1 Å². The van der Waals surface area contributed by atoms with Crippen molar-refractivity contribution < 1.29 is 14.3 Å². The molecule has 9 heteroatoms. The molecule has 0 aliphatic heterocycles. The molecule has 0 saturated carbocycles. The monoisotopic (exact) mass is 430 g/mol. The smallest absolute Gasteiger partial charge is 0.330 e. The van der Waals surface area contributed by atoms with Gasteiger partial charge in [0.05, 0.1) is 13.7 Å². The van der Waals surface area contributed by atoms with Crippen molar-refractivity contribution in [3.63, 3.8) is 0 Å². The minimum Gasteiger partial charge on any atom is -0.496 e. The fourth-order valence-electron chi connectivity index (χ4n) is 3.13. The Hall–Kier alpha value is -3.33. The first-order chi connectivity index (χ1) is 14.7. The molecule has 0 unspecified atom stereocenters. The molecule has 9 nitrogen and oxygen atoms in total. The number of nitrogens with one attached hydrogen (secondary N) is 1. The van der Waals surface area contributed by atoms with Gasteiger partial charge >= 0.3 is 5.69 Å². The third kappa shape index (κ3) is 5.85. The van der Waals surface area contributed by atoms with Crippen LogP contribution in [0.15, 0.2) is 33.9 Å². The van der Waals surface area contributed by atoms with E-state index in [1.165, 1.54) is 22.7 Å². The predicted octanol–water partition coefficient (Wildman–Crippen LogP) is 1.78. The maximum absolute atomic E-state index is 13.1. The molecular formula is C22H30N4O5. The highest BCUT2D eigenvalue weighted by Gasteiger charge is 2.23. The number of aryl methyl sites for hydroxylation is 1. The summed E-state index contributed by atoms with van der Waals surface area (Å²) in [5.41, 5.74) is 6.48. The Labute approximate surface area is 181 Å². The molecule has 1 aromatic heterocycles. The second-order valence-electron chi connectivity index (χ2n) is 7.56. The second kappa shape index (κ2) is 10.6. The summed E-state index contributed by atoms with van der Waals surface area (Å²) in [4.78, 5) is 41.4. The Bertz CT molecular complexity index is 1070. The minimum atomic E-state index is -0.728. The van der Waals surface area contributed by atoms with E-state index in [9.17, 15) is 14.4 Å². The van der Waals surface area contributed by atoms with Crippen molar-refractivity contribution in [3.8, 4) is 5.75 Å². The topological polar surface area (TPSA) is 120 Å². The molecular weight excluding hydrogens is 400 g/mol. The van der Waals surface area contributed by atoms with Crippen molar-refractivity contribution >= 4 is 23.5 Å². The van der Waals surface area contributed by atoms with Gasteiger partial charge in [0, 0.05) is 31.8 Å². The zero-order valence-electron chi connectivity index (χ0n) is 18.6. The first-order valence-electron chi connectivity index (χ1n) is 9.95. The van der Waals surface area contributed by atoms with Crippen molar-refractivity contribution in [2.75, 3.05) is 38.0 Å². The van der Waals surface area contributed by atoms with E-state index in [4.69, 9.17) is 15.2 Å². The Morgan fingerprint density at radius 2 is 2.00 bits per heavy atom. The number of hydrogen-bond donors (Lipinski definition) is 2. The Balaban J connectivity index is 2.51. The second-order valence-corrected chi connectivity index (χ2v) is 7.56. The van der Waals surface area contributed by atoms with Crippen molar-refractivity contribution in [3.05, 3.63) is 56.2 Å². The molecule has 1 heterocycles. The normalized spacial score (nSPS) is 11.3. The number of carbonyl (C=O) groups excluding carboxylic acids is 1. The molecule has 0 aliphatic carbocycles. The van der Waals surface area contributed by atoms with Gasteiger partial charge in [-0.2, -0.15) is 0 Å². The molecule has 0 bridgehead atoms. The van der Waals surface area contributed by atoms with Gasteiger partial charge in [-0.05, 0) is 31.1 Å². The summed E-state index contributed by atoms with van der Waals surface area (Å²) in [5, 5.41) is 0. The SMILES string of the molecule is COCCN(C(=O)/C=C/c1cc(C)ccc1OC)c1c(N)n(CC(C)C)c(=O)[nH]c1=O. The highest BCUT2D eigenvalue weighted by molar-refractivity contribution is 6.05. The molecule has 2 rings (SSSR count). The summed E-state index contributed by atoms with van der Waals surface area (Å²) in [6, 6.07) is 5.60. The lowest BCUT2D eigenvalue weighted by atomic mass is 10.1. The molecule has 0 aliphatic rings. The van der Waals surface area contributed by atoms with Gasteiger partial charge in [0.25, 0.3) is 11.5 Å². The summed E-state index contributed by atoms with van der Waals surface area (Å²) in [5.74, 6) is 0.178. The molecule has 2 aromatic rings. The van der Waals surface area contributed by atoms with Crippen LogP contribution < -0.4 is 26.6 Å². The predicted molar refractivity (Wildman–Crippen MR) is 122 cm³/mol. The number of ether oxygens (including phenoxy) is 2. The molecule has 0 spiro atoms. The number of benzene rings is 1. The summed E-state index contributed by atoms with van der Waals surface area (Å²) in [6.07, 6.45) is 2.95. The zero-order valence-corrected chi connectivity index (χ0v) is 18.6. The third-order valence-corrected chi connectivity index (χ3v) is 4.61. The number of rotatable bonds is 9. The van der Waals surface area contributed by atoms with Gasteiger partial charge in [-0.3, -0.25) is 24.0 Å². The van der Waals surface area contributed by atoms with E-state index in [2.05, 4.69) is 4.98 Å². The molecule has 168 valence electrons. The van der Waals surface area contributed by atoms with Crippen molar-refractivity contribution in [2.24, 2.45) is 5.92 Å². The number of methoxy groups -OCH3 is 2. The number of nitrogens with zero attached hydrogens (tertiary/aromatic N) is 2. The first-order valence-corrected chi connectivity index (χ1v) is 9.95. The molecule has 0 atom stereocenters. The van der Waals surface area contributed by atoms with Crippen LogP contribution in [0.1, 0.15) is 25.0 Å². The Kier molecular flexibility index (Phi) is 8.21. The van der Waals surface area contributed by atoms with Gasteiger partial charge in [-0.1, -0.05) is 25.5 Å². The summed E-state index contributed by atoms with van der Waals surface area (Å²) in [6.45, 7) is 6.33. The number of H-pyrrole nitrogens is 1. The molecule has 1 aromatic carbocycles. The van der Waals surface area contributed by atoms with E-state index < -0.39 is 17.2 Å². The van der Waals surface area contributed by atoms with Gasteiger partial charge in [-0.25, -0.2) is 4.79 Å². The van der Waals surface area contributed by atoms with Crippen LogP contribution >= 0.6 is 0 Å². The summed E-state index contributed by atoms with van der Waals surface area (Å²) >= 11 is 0. The number of aromatic amines is 1. The van der Waals surface area contributed by atoms with Crippen LogP contribution in [0.2, 0.25) is 0 Å². The van der Waals surface area contributed by atoms with Crippen molar-refractivity contribution in [2.45, 2.75) is 27.3 Å². The van der Waals surface area contributed by atoms with E-state index in [1.807, 2.05) is 39.0 Å².